The third-order valence-electron chi connectivity index (χ3n) is 1.80. The highest BCUT2D eigenvalue weighted by Crippen LogP contribution is 2.17. The fourth-order valence-electron chi connectivity index (χ4n) is 1.12. The summed E-state index contributed by atoms with van der Waals surface area (Å²) in [5.41, 5.74) is 0. The number of aromatic nitrogens is 4. The van der Waals surface area contributed by atoms with E-state index in [1.54, 1.807) is 12.4 Å². The van der Waals surface area contributed by atoms with Gasteiger partial charge in [0.1, 0.15) is 11.6 Å². The van der Waals surface area contributed by atoms with Gasteiger partial charge in [0.15, 0.2) is 0 Å². The van der Waals surface area contributed by atoms with Crippen LogP contribution in [0.15, 0.2) is 12.4 Å². The number of H-pyrrole nitrogens is 1. The summed E-state index contributed by atoms with van der Waals surface area (Å²) in [6, 6.07) is 0.123. The summed E-state index contributed by atoms with van der Waals surface area (Å²) in [7, 11) is 0. The molecule has 0 saturated carbocycles. The van der Waals surface area contributed by atoms with Crippen LogP contribution in [0.4, 0.5) is 5.13 Å². The molecule has 14 heavy (non-hydrogen) atoms. The van der Waals surface area contributed by atoms with Crippen molar-refractivity contribution in [2.24, 2.45) is 0 Å². The van der Waals surface area contributed by atoms with Gasteiger partial charge in [-0.15, -0.1) is 0 Å². The maximum atomic E-state index is 4.22. The predicted molar refractivity (Wildman–Crippen MR) is 55.3 cm³/mol. The van der Waals surface area contributed by atoms with E-state index in [0.29, 0.717) is 0 Å². The van der Waals surface area contributed by atoms with Crippen LogP contribution in [0.25, 0.3) is 0 Å². The maximum absolute atomic E-state index is 4.22. The number of imidazole rings is 1. The van der Waals surface area contributed by atoms with Crippen molar-refractivity contribution in [1.29, 1.82) is 0 Å². The van der Waals surface area contributed by atoms with Gasteiger partial charge in [-0.1, -0.05) is 0 Å². The first-order chi connectivity index (χ1) is 6.75. The van der Waals surface area contributed by atoms with E-state index in [1.807, 2.05) is 13.8 Å². The van der Waals surface area contributed by atoms with Gasteiger partial charge in [0, 0.05) is 23.9 Å². The van der Waals surface area contributed by atoms with E-state index >= 15 is 0 Å². The molecule has 0 spiro atoms. The Kier molecular flexibility index (Phi) is 2.45. The standard InChI is InChI=1S/C8H11N5S/c1-5(7-9-3-4-10-7)11-8-12-6(2)13-14-8/h3-5H,1-2H3,(H,9,10)(H,11,12,13). The largest absolute Gasteiger partial charge is 0.351 e. The molecule has 2 rings (SSSR count). The molecule has 0 bridgehead atoms. The molecule has 5 nitrogen and oxygen atoms in total. The van der Waals surface area contributed by atoms with Gasteiger partial charge in [-0.25, -0.2) is 9.97 Å². The highest BCUT2D eigenvalue weighted by atomic mass is 32.1. The van der Waals surface area contributed by atoms with Crippen molar-refractivity contribution < 1.29 is 0 Å². The molecule has 2 aromatic rings. The van der Waals surface area contributed by atoms with E-state index in [9.17, 15) is 0 Å². The van der Waals surface area contributed by atoms with Crippen LogP contribution in [0.5, 0.6) is 0 Å². The van der Waals surface area contributed by atoms with Crippen LogP contribution < -0.4 is 5.32 Å². The lowest BCUT2D eigenvalue weighted by molar-refractivity contribution is 0.807. The van der Waals surface area contributed by atoms with Crippen molar-refractivity contribution >= 4 is 16.7 Å². The summed E-state index contributed by atoms with van der Waals surface area (Å²) in [5.74, 6) is 1.70. The molecule has 0 aliphatic rings. The molecule has 1 atom stereocenters. The molecule has 0 aromatic carbocycles. The molecule has 6 heteroatoms. The second kappa shape index (κ2) is 3.75. The fourth-order valence-corrected chi connectivity index (χ4v) is 1.79. The Hall–Kier alpha value is -1.43. The summed E-state index contributed by atoms with van der Waals surface area (Å²) >= 11 is 1.36. The van der Waals surface area contributed by atoms with Crippen molar-refractivity contribution in [1.82, 2.24) is 19.3 Å². The summed E-state index contributed by atoms with van der Waals surface area (Å²) in [5, 5.41) is 4.04. The first kappa shape index (κ1) is 9.14. The van der Waals surface area contributed by atoms with Gasteiger partial charge in [0.2, 0.25) is 5.13 Å². The molecule has 2 N–H and O–H groups in total. The van der Waals surface area contributed by atoms with Crippen LogP contribution in [0, 0.1) is 6.92 Å². The zero-order valence-electron chi connectivity index (χ0n) is 7.98. The SMILES string of the molecule is Cc1nsc(NC(C)c2ncc[nH]2)n1. The first-order valence-corrected chi connectivity index (χ1v) is 5.09. The second-order valence-corrected chi connectivity index (χ2v) is 3.74. The summed E-state index contributed by atoms with van der Waals surface area (Å²) < 4.78 is 4.09. The number of aromatic amines is 1. The average Bonchev–Trinajstić information content (AvgIpc) is 2.75. The lowest BCUT2D eigenvalue weighted by Crippen LogP contribution is -2.07. The molecule has 0 saturated heterocycles. The van der Waals surface area contributed by atoms with Crippen LogP contribution in [0.1, 0.15) is 24.6 Å². The number of nitrogens with one attached hydrogen (secondary N) is 2. The number of aryl methyl sites for hydroxylation is 1. The van der Waals surface area contributed by atoms with Crippen LogP contribution in [-0.2, 0) is 0 Å². The van der Waals surface area contributed by atoms with Crippen LogP contribution in [-0.4, -0.2) is 19.3 Å². The Labute approximate surface area is 85.8 Å². The van der Waals surface area contributed by atoms with Crippen molar-refractivity contribution in [3.8, 4) is 0 Å². The second-order valence-electron chi connectivity index (χ2n) is 2.99. The highest BCUT2D eigenvalue weighted by molar-refractivity contribution is 7.09. The molecule has 2 heterocycles. The Balaban J connectivity index is 2.05. The van der Waals surface area contributed by atoms with E-state index in [4.69, 9.17) is 0 Å². The summed E-state index contributed by atoms with van der Waals surface area (Å²) in [6.07, 6.45) is 3.54. The number of nitrogens with zero attached hydrogens (tertiary/aromatic N) is 3. The van der Waals surface area contributed by atoms with Crippen LogP contribution in [0.3, 0.4) is 0 Å². The van der Waals surface area contributed by atoms with Crippen molar-refractivity contribution in [2.45, 2.75) is 19.9 Å². The van der Waals surface area contributed by atoms with Crippen molar-refractivity contribution in [3.05, 3.63) is 24.0 Å². The molecule has 0 amide bonds. The Morgan fingerprint density at radius 1 is 1.57 bits per heavy atom. The molecular formula is C8H11N5S. The van der Waals surface area contributed by atoms with Crippen LogP contribution in [0.2, 0.25) is 0 Å². The topological polar surface area (TPSA) is 66.5 Å². The van der Waals surface area contributed by atoms with Gasteiger partial charge in [-0.3, -0.25) is 0 Å². The minimum absolute atomic E-state index is 0.123. The Bertz CT molecular complexity index is 394. The first-order valence-electron chi connectivity index (χ1n) is 4.32. The number of rotatable bonds is 3. The smallest absolute Gasteiger partial charge is 0.203 e. The van der Waals surface area contributed by atoms with Gasteiger partial charge in [0.25, 0.3) is 0 Å². The molecule has 0 radical (unpaired) electrons. The monoisotopic (exact) mass is 209 g/mol. The molecule has 0 fully saturated rings. The molecular weight excluding hydrogens is 198 g/mol. The van der Waals surface area contributed by atoms with Gasteiger partial charge in [-0.05, 0) is 13.8 Å². The van der Waals surface area contributed by atoms with Gasteiger partial charge >= 0.3 is 0 Å². The molecule has 2 aromatic heterocycles. The molecule has 0 aliphatic heterocycles. The maximum Gasteiger partial charge on any atom is 0.203 e. The quantitative estimate of drug-likeness (QED) is 0.808. The van der Waals surface area contributed by atoms with Gasteiger partial charge in [-0.2, -0.15) is 4.37 Å². The molecule has 74 valence electrons. The minimum Gasteiger partial charge on any atom is -0.351 e. The summed E-state index contributed by atoms with van der Waals surface area (Å²) in [6.45, 7) is 3.90. The number of hydrogen-bond acceptors (Lipinski definition) is 5. The normalized spacial score (nSPS) is 12.7. The molecule has 0 aliphatic carbocycles. The van der Waals surface area contributed by atoms with E-state index < -0.39 is 0 Å². The zero-order chi connectivity index (χ0) is 9.97. The van der Waals surface area contributed by atoms with Crippen molar-refractivity contribution in [3.63, 3.8) is 0 Å². The lowest BCUT2D eigenvalue weighted by Gasteiger charge is -2.08. The lowest BCUT2D eigenvalue weighted by atomic mass is 10.3. The Morgan fingerprint density at radius 3 is 3.00 bits per heavy atom. The van der Waals surface area contributed by atoms with Gasteiger partial charge < -0.3 is 10.3 Å². The van der Waals surface area contributed by atoms with Crippen molar-refractivity contribution in [2.75, 3.05) is 5.32 Å². The minimum atomic E-state index is 0.123. The van der Waals surface area contributed by atoms with E-state index in [1.165, 1.54) is 11.5 Å². The third-order valence-corrected chi connectivity index (χ3v) is 2.53. The average molecular weight is 209 g/mol. The van der Waals surface area contributed by atoms with E-state index in [2.05, 4.69) is 24.6 Å². The Morgan fingerprint density at radius 2 is 2.43 bits per heavy atom. The number of anilines is 1. The predicted octanol–water partition coefficient (Wildman–Crippen LogP) is 1.74. The molecule has 1 unspecified atom stereocenters. The third kappa shape index (κ3) is 1.90. The van der Waals surface area contributed by atoms with E-state index in [-0.39, 0.29) is 6.04 Å². The van der Waals surface area contributed by atoms with Crippen LogP contribution >= 0.6 is 11.5 Å². The fraction of sp³-hybridized carbons (Fsp3) is 0.375. The zero-order valence-corrected chi connectivity index (χ0v) is 8.80. The van der Waals surface area contributed by atoms with Gasteiger partial charge in [0.05, 0.1) is 6.04 Å². The highest BCUT2D eigenvalue weighted by Gasteiger charge is 2.09. The van der Waals surface area contributed by atoms with E-state index in [0.717, 1.165) is 16.8 Å². The number of hydrogen-bond donors (Lipinski definition) is 2. The summed E-state index contributed by atoms with van der Waals surface area (Å²) in [4.78, 5) is 11.4.